The fourth-order valence-corrected chi connectivity index (χ4v) is 4.43. The molecule has 4 rings (SSSR count). The molecule has 0 aliphatic carbocycles. The van der Waals surface area contributed by atoms with Gasteiger partial charge in [0.1, 0.15) is 5.82 Å². The minimum absolute atomic E-state index is 0.284. The maximum Gasteiger partial charge on any atom is 0.257 e. The standard InChI is InChI=1S/C21H25N7O3S/c1-15-12-16(2)28(25-15)20-6-4-17(13-22-20)21(29)24-18-5-7-19(23-14-18)26-8-10-27(11-9-26)32(3,30)31/h4-7,12-14H,8-11H2,1-3H3,(H,24,29). The molecule has 1 N–H and O–H groups in total. The van der Waals surface area contributed by atoms with Crippen molar-refractivity contribution in [2.24, 2.45) is 0 Å². The minimum atomic E-state index is -3.17. The number of hydrogen-bond acceptors (Lipinski definition) is 7. The topological polar surface area (TPSA) is 113 Å². The predicted octanol–water partition coefficient (Wildman–Crippen LogP) is 1.61. The molecule has 0 aromatic carbocycles. The van der Waals surface area contributed by atoms with Crippen LogP contribution in [0.2, 0.25) is 0 Å². The van der Waals surface area contributed by atoms with Crippen molar-refractivity contribution in [1.29, 1.82) is 0 Å². The van der Waals surface area contributed by atoms with E-state index in [0.717, 1.165) is 17.2 Å². The summed E-state index contributed by atoms with van der Waals surface area (Å²) < 4.78 is 26.5. The molecule has 168 valence electrons. The number of hydrogen-bond donors (Lipinski definition) is 1. The van der Waals surface area contributed by atoms with Crippen LogP contribution in [-0.2, 0) is 10.0 Å². The van der Waals surface area contributed by atoms with E-state index in [4.69, 9.17) is 0 Å². The zero-order chi connectivity index (χ0) is 22.9. The molecule has 11 heteroatoms. The maximum absolute atomic E-state index is 12.6. The third-order valence-corrected chi connectivity index (χ3v) is 6.58. The number of aryl methyl sites for hydroxylation is 2. The Labute approximate surface area is 186 Å². The van der Waals surface area contributed by atoms with Crippen molar-refractivity contribution in [3.05, 3.63) is 59.7 Å². The number of aromatic nitrogens is 4. The first-order chi connectivity index (χ1) is 15.2. The summed E-state index contributed by atoms with van der Waals surface area (Å²) in [4.78, 5) is 23.4. The van der Waals surface area contributed by atoms with Crippen molar-refractivity contribution < 1.29 is 13.2 Å². The molecule has 1 amide bonds. The third-order valence-electron chi connectivity index (χ3n) is 5.27. The van der Waals surface area contributed by atoms with Crippen LogP contribution < -0.4 is 10.2 Å². The molecular weight excluding hydrogens is 430 g/mol. The molecular formula is C21H25N7O3S. The van der Waals surface area contributed by atoms with Crippen LogP contribution in [0.4, 0.5) is 11.5 Å². The molecule has 0 saturated carbocycles. The molecule has 0 unspecified atom stereocenters. The van der Waals surface area contributed by atoms with Crippen molar-refractivity contribution in [3.8, 4) is 5.82 Å². The van der Waals surface area contributed by atoms with Crippen LogP contribution >= 0.6 is 0 Å². The van der Waals surface area contributed by atoms with Gasteiger partial charge in [0.15, 0.2) is 5.82 Å². The van der Waals surface area contributed by atoms with Gasteiger partial charge in [-0.15, -0.1) is 0 Å². The van der Waals surface area contributed by atoms with Gasteiger partial charge in [-0.25, -0.2) is 23.1 Å². The summed E-state index contributed by atoms with van der Waals surface area (Å²) in [5, 5.41) is 7.21. The number of carbonyl (C=O) groups is 1. The van der Waals surface area contributed by atoms with Gasteiger partial charge in [0.05, 0.1) is 29.4 Å². The molecule has 1 aliphatic rings. The second-order valence-electron chi connectivity index (χ2n) is 7.75. The predicted molar refractivity (Wildman–Crippen MR) is 122 cm³/mol. The molecule has 0 bridgehead atoms. The molecule has 1 saturated heterocycles. The number of amides is 1. The number of pyridine rings is 2. The van der Waals surface area contributed by atoms with Gasteiger partial charge in [-0.3, -0.25) is 4.79 Å². The van der Waals surface area contributed by atoms with E-state index < -0.39 is 10.0 Å². The largest absolute Gasteiger partial charge is 0.354 e. The molecule has 1 fully saturated rings. The van der Waals surface area contributed by atoms with Gasteiger partial charge < -0.3 is 10.2 Å². The zero-order valence-corrected chi connectivity index (χ0v) is 19.0. The second kappa shape index (κ2) is 8.67. The molecule has 4 heterocycles. The number of rotatable bonds is 5. The summed E-state index contributed by atoms with van der Waals surface area (Å²) in [6.07, 6.45) is 4.33. The molecule has 10 nitrogen and oxygen atoms in total. The van der Waals surface area contributed by atoms with Crippen molar-refractivity contribution >= 4 is 27.4 Å². The van der Waals surface area contributed by atoms with Crippen LogP contribution in [0.15, 0.2) is 42.7 Å². The highest BCUT2D eigenvalue weighted by Crippen LogP contribution is 2.18. The Hall–Kier alpha value is -3.31. The monoisotopic (exact) mass is 455 g/mol. The first-order valence-corrected chi connectivity index (χ1v) is 12.0. The zero-order valence-electron chi connectivity index (χ0n) is 18.2. The number of nitrogens with zero attached hydrogens (tertiary/aromatic N) is 6. The summed E-state index contributed by atoms with van der Waals surface area (Å²) in [6.45, 7) is 5.86. The lowest BCUT2D eigenvalue weighted by molar-refractivity contribution is 0.102. The SMILES string of the molecule is Cc1cc(C)n(-c2ccc(C(=O)Nc3ccc(N4CCN(S(C)(=O)=O)CC4)nc3)cn2)n1. The van der Waals surface area contributed by atoms with Gasteiger partial charge >= 0.3 is 0 Å². The minimum Gasteiger partial charge on any atom is -0.354 e. The Morgan fingerprint density at radius 3 is 2.19 bits per heavy atom. The van der Waals surface area contributed by atoms with Crippen LogP contribution in [0.1, 0.15) is 21.7 Å². The number of sulfonamides is 1. The van der Waals surface area contributed by atoms with Crippen LogP contribution in [-0.4, -0.2) is 70.8 Å². The van der Waals surface area contributed by atoms with Crippen LogP contribution in [0.25, 0.3) is 5.82 Å². The van der Waals surface area contributed by atoms with E-state index in [2.05, 4.69) is 20.4 Å². The second-order valence-corrected chi connectivity index (χ2v) is 9.73. The molecule has 0 atom stereocenters. The van der Waals surface area contributed by atoms with Gasteiger partial charge in [-0.1, -0.05) is 0 Å². The summed E-state index contributed by atoms with van der Waals surface area (Å²) in [6, 6.07) is 9.02. The Morgan fingerprint density at radius 2 is 1.66 bits per heavy atom. The summed E-state index contributed by atoms with van der Waals surface area (Å²) >= 11 is 0. The fraction of sp³-hybridized carbons (Fsp3) is 0.333. The molecule has 0 radical (unpaired) electrons. The lowest BCUT2D eigenvalue weighted by atomic mass is 10.2. The van der Waals surface area contributed by atoms with Gasteiger partial charge in [-0.05, 0) is 44.2 Å². The Balaban J connectivity index is 1.37. The molecule has 1 aliphatic heterocycles. The van der Waals surface area contributed by atoms with E-state index in [-0.39, 0.29) is 5.91 Å². The average molecular weight is 456 g/mol. The number of anilines is 2. The van der Waals surface area contributed by atoms with Gasteiger partial charge in [-0.2, -0.15) is 9.40 Å². The highest BCUT2D eigenvalue weighted by molar-refractivity contribution is 7.88. The van der Waals surface area contributed by atoms with E-state index in [1.807, 2.05) is 30.9 Å². The highest BCUT2D eigenvalue weighted by Gasteiger charge is 2.24. The van der Waals surface area contributed by atoms with Crippen molar-refractivity contribution in [2.45, 2.75) is 13.8 Å². The fourth-order valence-electron chi connectivity index (χ4n) is 3.61. The van der Waals surface area contributed by atoms with E-state index in [1.165, 1.54) is 16.8 Å². The lowest BCUT2D eigenvalue weighted by Gasteiger charge is -2.33. The Morgan fingerprint density at radius 1 is 0.969 bits per heavy atom. The quantitative estimate of drug-likeness (QED) is 0.622. The van der Waals surface area contributed by atoms with Crippen molar-refractivity contribution in [2.75, 3.05) is 42.7 Å². The number of carbonyl (C=O) groups excluding carboxylic acids is 1. The van der Waals surface area contributed by atoms with E-state index in [1.54, 1.807) is 29.1 Å². The first-order valence-electron chi connectivity index (χ1n) is 10.2. The van der Waals surface area contributed by atoms with Gasteiger partial charge in [0.25, 0.3) is 5.91 Å². The molecule has 3 aromatic rings. The first kappa shape index (κ1) is 21.9. The normalized spacial score (nSPS) is 15.0. The van der Waals surface area contributed by atoms with Crippen LogP contribution in [0, 0.1) is 13.8 Å². The molecule has 32 heavy (non-hydrogen) atoms. The van der Waals surface area contributed by atoms with E-state index >= 15 is 0 Å². The Kier molecular flexibility index (Phi) is 5.94. The summed E-state index contributed by atoms with van der Waals surface area (Å²) in [5.41, 5.74) is 2.86. The van der Waals surface area contributed by atoms with Crippen molar-refractivity contribution in [1.82, 2.24) is 24.1 Å². The number of piperazine rings is 1. The molecule has 3 aromatic heterocycles. The van der Waals surface area contributed by atoms with Crippen LogP contribution in [0.3, 0.4) is 0 Å². The van der Waals surface area contributed by atoms with E-state index in [0.29, 0.717) is 43.2 Å². The van der Waals surface area contributed by atoms with Crippen LogP contribution in [0.5, 0.6) is 0 Å². The van der Waals surface area contributed by atoms with Crippen molar-refractivity contribution in [3.63, 3.8) is 0 Å². The average Bonchev–Trinajstić information content (AvgIpc) is 3.12. The summed E-state index contributed by atoms with van der Waals surface area (Å²) in [5.74, 6) is 1.11. The Bertz CT molecular complexity index is 1210. The highest BCUT2D eigenvalue weighted by atomic mass is 32.2. The molecule has 0 spiro atoms. The third kappa shape index (κ3) is 4.78. The number of nitrogens with one attached hydrogen (secondary N) is 1. The van der Waals surface area contributed by atoms with Gasteiger partial charge in [0, 0.05) is 38.1 Å². The van der Waals surface area contributed by atoms with Gasteiger partial charge in [0.2, 0.25) is 10.0 Å². The maximum atomic E-state index is 12.6. The lowest BCUT2D eigenvalue weighted by Crippen LogP contribution is -2.48. The smallest absolute Gasteiger partial charge is 0.257 e. The summed E-state index contributed by atoms with van der Waals surface area (Å²) in [7, 11) is -3.17. The van der Waals surface area contributed by atoms with E-state index in [9.17, 15) is 13.2 Å².